The van der Waals surface area contributed by atoms with Crippen LogP contribution in [0.2, 0.25) is 0 Å². The average molecular weight is 314 g/mol. The van der Waals surface area contributed by atoms with E-state index in [2.05, 4.69) is 6.58 Å². The van der Waals surface area contributed by atoms with Gasteiger partial charge >= 0.3 is 17.9 Å². The number of rotatable bonds is 4. The van der Waals surface area contributed by atoms with Crippen LogP contribution in [0.4, 0.5) is 0 Å². The maximum absolute atomic E-state index is 10.4. The Morgan fingerprint density at radius 2 is 1.27 bits per heavy atom. The molecule has 0 saturated carbocycles. The van der Waals surface area contributed by atoms with Gasteiger partial charge in [0, 0.05) is 5.57 Å². The van der Waals surface area contributed by atoms with Crippen molar-refractivity contribution in [1.82, 2.24) is 0 Å². The Kier molecular flexibility index (Phi) is 11.8. The van der Waals surface area contributed by atoms with Gasteiger partial charge in [-0.2, -0.15) is 0 Å². The zero-order valence-corrected chi connectivity index (χ0v) is 11.9. The third-order valence-electron chi connectivity index (χ3n) is 1.82. The molecule has 122 valence electrons. The number of aliphatic hydroxyl groups is 2. The summed E-state index contributed by atoms with van der Waals surface area (Å²) in [7, 11) is 0. The maximum atomic E-state index is 10.4. The number of hydrogen-bond donors (Lipinski definition) is 5. The summed E-state index contributed by atoms with van der Waals surface area (Å²) in [6.07, 6.45) is 0. The molecule has 22 heavy (non-hydrogen) atoms. The topological polar surface area (TPSA) is 152 Å². The minimum Gasteiger partial charge on any atom is -0.478 e. The monoisotopic (exact) mass is 314 g/mol. The highest BCUT2D eigenvalue weighted by Gasteiger charge is 2.06. The molecule has 0 aromatic heterocycles. The lowest BCUT2D eigenvalue weighted by atomic mass is 10.1. The van der Waals surface area contributed by atoms with Crippen molar-refractivity contribution in [3.8, 4) is 0 Å². The van der Waals surface area contributed by atoms with E-state index in [9.17, 15) is 14.4 Å². The lowest BCUT2D eigenvalue weighted by Gasteiger charge is -1.95. The van der Waals surface area contributed by atoms with Gasteiger partial charge in [-0.25, -0.2) is 14.4 Å². The van der Waals surface area contributed by atoms with Gasteiger partial charge < -0.3 is 25.5 Å². The Morgan fingerprint density at radius 3 is 1.45 bits per heavy atom. The van der Waals surface area contributed by atoms with Crippen LogP contribution >= 0.6 is 0 Å². The first-order valence-electron chi connectivity index (χ1n) is 5.84. The summed E-state index contributed by atoms with van der Waals surface area (Å²) in [5.41, 5.74) is 0.139. The van der Waals surface area contributed by atoms with Crippen LogP contribution in [0.3, 0.4) is 0 Å². The summed E-state index contributed by atoms with van der Waals surface area (Å²) in [5.74, 6) is -3.19. The highest BCUT2D eigenvalue weighted by molar-refractivity contribution is 5.93. The summed E-state index contributed by atoms with van der Waals surface area (Å²) in [6.45, 7) is 4.35. The number of hydrogen-bond acceptors (Lipinski definition) is 5. The molecule has 0 aliphatic carbocycles. The molecule has 0 saturated heterocycles. The third kappa shape index (κ3) is 11.1. The highest BCUT2D eigenvalue weighted by Crippen LogP contribution is 2.04. The molecule has 1 aromatic carbocycles. The van der Waals surface area contributed by atoms with Crippen molar-refractivity contribution in [2.75, 3.05) is 13.2 Å². The summed E-state index contributed by atoms with van der Waals surface area (Å²) in [4.78, 5) is 30.4. The van der Waals surface area contributed by atoms with E-state index in [1.165, 1.54) is 25.1 Å². The van der Waals surface area contributed by atoms with Gasteiger partial charge in [-0.05, 0) is 25.1 Å². The average Bonchev–Trinajstić information content (AvgIpc) is 2.48. The Balaban J connectivity index is 0. The Hall–Kier alpha value is -2.71. The van der Waals surface area contributed by atoms with E-state index in [1.54, 1.807) is 0 Å². The highest BCUT2D eigenvalue weighted by atomic mass is 16.4. The summed E-state index contributed by atoms with van der Waals surface area (Å²) >= 11 is 0. The van der Waals surface area contributed by atoms with Crippen LogP contribution < -0.4 is 0 Å². The number of aromatic carboxylic acids is 2. The molecule has 0 fully saturated rings. The third-order valence-corrected chi connectivity index (χ3v) is 1.82. The van der Waals surface area contributed by atoms with Crippen molar-refractivity contribution >= 4 is 17.9 Å². The van der Waals surface area contributed by atoms with Crippen molar-refractivity contribution in [2.45, 2.75) is 6.92 Å². The Labute approximate surface area is 126 Å². The molecule has 0 atom stereocenters. The fraction of sp³-hybridized carbons (Fsp3) is 0.214. The molecule has 0 amide bonds. The second-order valence-corrected chi connectivity index (χ2v) is 3.72. The van der Waals surface area contributed by atoms with E-state index in [0.29, 0.717) is 0 Å². The van der Waals surface area contributed by atoms with E-state index < -0.39 is 17.9 Å². The number of carboxylic acid groups (broad SMARTS) is 3. The molecule has 8 heteroatoms. The van der Waals surface area contributed by atoms with Crippen molar-refractivity contribution < 1.29 is 39.9 Å². The summed E-state index contributed by atoms with van der Waals surface area (Å²) in [6, 6.07) is 5.20. The zero-order valence-electron chi connectivity index (χ0n) is 11.9. The minimum absolute atomic E-state index is 0.0186. The maximum Gasteiger partial charge on any atom is 0.335 e. The molecule has 0 bridgehead atoms. The molecule has 8 nitrogen and oxygen atoms in total. The first-order chi connectivity index (χ1) is 10.2. The smallest absolute Gasteiger partial charge is 0.335 e. The van der Waals surface area contributed by atoms with Gasteiger partial charge in [0.2, 0.25) is 0 Å². The lowest BCUT2D eigenvalue weighted by molar-refractivity contribution is -0.132. The van der Waals surface area contributed by atoms with Crippen molar-refractivity contribution in [3.05, 3.63) is 47.5 Å². The molecular weight excluding hydrogens is 296 g/mol. The first kappa shape index (κ1) is 21.6. The number of carbonyl (C=O) groups is 3. The van der Waals surface area contributed by atoms with Gasteiger partial charge in [-0.3, -0.25) is 0 Å². The van der Waals surface area contributed by atoms with Crippen LogP contribution in [0, 0.1) is 0 Å². The number of aliphatic carboxylic acids is 1. The van der Waals surface area contributed by atoms with Crippen molar-refractivity contribution in [3.63, 3.8) is 0 Å². The molecule has 1 rings (SSSR count). The Bertz CT molecular complexity index is 478. The van der Waals surface area contributed by atoms with Crippen LogP contribution in [-0.2, 0) is 4.79 Å². The number of carboxylic acids is 3. The van der Waals surface area contributed by atoms with Gasteiger partial charge in [0.15, 0.2) is 0 Å². The predicted octanol–water partition coefficient (Wildman–Crippen LogP) is 0.701. The summed E-state index contributed by atoms with van der Waals surface area (Å²) < 4.78 is 0. The van der Waals surface area contributed by atoms with Gasteiger partial charge in [-0.1, -0.05) is 12.6 Å². The predicted molar refractivity (Wildman–Crippen MR) is 77.0 cm³/mol. The van der Waals surface area contributed by atoms with Gasteiger partial charge in [0.25, 0.3) is 0 Å². The second-order valence-electron chi connectivity index (χ2n) is 3.72. The lowest BCUT2D eigenvalue weighted by Crippen LogP contribution is -2.01. The Morgan fingerprint density at radius 1 is 0.955 bits per heavy atom. The van der Waals surface area contributed by atoms with E-state index in [-0.39, 0.29) is 29.9 Å². The molecule has 0 unspecified atom stereocenters. The van der Waals surface area contributed by atoms with Crippen LogP contribution in [-0.4, -0.2) is 56.7 Å². The second kappa shape index (κ2) is 12.1. The van der Waals surface area contributed by atoms with Crippen LogP contribution in [0.5, 0.6) is 0 Å². The quantitative estimate of drug-likeness (QED) is 0.509. The van der Waals surface area contributed by atoms with Crippen LogP contribution in [0.1, 0.15) is 27.6 Å². The molecule has 0 radical (unpaired) electrons. The van der Waals surface area contributed by atoms with E-state index in [1.807, 2.05) is 0 Å². The molecule has 5 N–H and O–H groups in total. The van der Waals surface area contributed by atoms with Crippen molar-refractivity contribution in [2.24, 2.45) is 0 Å². The van der Waals surface area contributed by atoms with Crippen LogP contribution in [0.15, 0.2) is 36.4 Å². The van der Waals surface area contributed by atoms with Gasteiger partial charge in [-0.15, -0.1) is 0 Å². The zero-order chi connectivity index (χ0) is 17.7. The number of benzene rings is 1. The van der Waals surface area contributed by atoms with Crippen molar-refractivity contribution in [1.29, 1.82) is 0 Å². The van der Waals surface area contributed by atoms with Gasteiger partial charge in [0.1, 0.15) is 0 Å². The summed E-state index contributed by atoms with van der Waals surface area (Å²) in [5, 5.41) is 40.1. The normalized spacial score (nSPS) is 8.50. The van der Waals surface area contributed by atoms with E-state index in [4.69, 9.17) is 25.5 Å². The first-order valence-corrected chi connectivity index (χ1v) is 5.84. The van der Waals surface area contributed by atoms with E-state index in [0.717, 1.165) is 6.07 Å². The largest absolute Gasteiger partial charge is 0.478 e. The standard InChI is InChI=1S/C8H6O4.C4H6O2.C2H6O2/c9-7(10)5-2-1-3-6(4-5)8(11)12;1-3(2)4(5)6;3-1-2-4/h1-4H,(H,9,10)(H,11,12);1H2,2H3,(H,5,6);3-4H,1-2H2. The SMILES string of the molecule is C=C(C)C(=O)O.O=C(O)c1cccc(C(=O)O)c1.OCCO. The minimum atomic E-state index is -1.13. The fourth-order valence-electron chi connectivity index (χ4n) is 0.785. The molecule has 1 aromatic rings. The molecule has 0 heterocycles. The molecule has 0 spiro atoms. The van der Waals surface area contributed by atoms with Crippen LogP contribution in [0.25, 0.3) is 0 Å². The van der Waals surface area contributed by atoms with Gasteiger partial charge in [0.05, 0.1) is 24.3 Å². The molecule has 0 aliphatic rings. The number of aliphatic hydroxyl groups excluding tert-OH is 2. The fourth-order valence-corrected chi connectivity index (χ4v) is 0.785. The van der Waals surface area contributed by atoms with E-state index >= 15 is 0 Å². The molecule has 0 aliphatic heterocycles. The molecular formula is C14H18O8.